The van der Waals surface area contributed by atoms with Crippen molar-refractivity contribution >= 4 is 0 Å². The molecule has 1 aromatic rings. The molecule has 1 aliphatic rings. The number of hydrogen-bond acceptors (Lipinski definition) is 2. The van der Waals surface area contributed by atoms with Crippen LogP contribution in [0.5, 0.6) is 5.75 Å². The lowest BCUT2D eigenvalue weighted by molar-refractivity contribution is 0.384. The maximum atomic E-state index is 13.4. The second-order valence-corrected chi connectivity index (χ2v) is 4.53. The highest BCUT2D eigenvalue weighted by molar-refractivity contribution is 5.32. The zero-order chi connectivity index (χ0) is 11.1. The zero-order valence-electron chi connectivity index (χ0n) is 9.09. The van der Waals surface area contributed by atoms with Gasteiger partial charge in [0.05, 0.1) is 7.11 Å². The largest absolute Gasteiger partial charge is 0.494 e. The Hall–Kier alpha value is -1.09. The first kappa shape index (κ1) is 10.4. The van der Waals surface area contributed by atoms with Crippen molar-refractivity contribution in [2.24, 2.45) is 11.1 Å². The molecule has 1 saturated carbocycles. The van der Waals surface area contributed by atoms with Crippen LogP contribution in [-0.4, -0.2) is 7.11 Å². The minimum atomic E-state index is -0.338. The summed E-state index contributed by atoms with van der Waals surface area (Å²) in [7, 11) is 1.46. The molecule has 1 unspecified atom stereocenters. The third kappa shape index (κ3) is 1.84. The van der Waals surface area contributed by atoms with E-state index in [9.17, 15) is 4.39 Å². The van der Waals surface area contributed by atoms with Crippen LogP contribution in [0.4, 0.5) is 4.39 Å². The number of benzene rings is 1. The van der Waals surface area contributed by atoms with Gasteiger partial charge in [0.25, 0.3) is 0 Å². The molecule has 0 saturated heterocycles. The molecule has 1 atom stereocenters. The van der Waals surface area contributed by atoms with Gasteiger partial charge in [0.1, 0.15) is 0 Å². The summed E-state index contributed by atoms with van der Waals surface area (Å²) in [5.74, 6) is -0.0680. The zero-order valence-corrected chi connectivity index (χ0v) is 9.09. The second-order valence-electron chi connectivity index (χ2n) is 4.53. The van der Waals surface area contributed by atoms with Crippen LogP contribution in [0, 0.1) is 11.2 Å². The van der Waals surface area contributed by atoms with Crippen LogP contribution in [0.15, 0.2) is 18.2 Å². The van der Waals surface area contributed by atoms with Crippen LogP contribution >= 0.6 is 0 Å². The molecule has 1 fully saturated rings. The van der Waals surface area contributed by atoms with Crippen molar-refractivity contribution in [3.8, 4) is 5.75 Å². The van der Waals surface area contributed by atoms with Gasteiger partial charge in [-0.25, -0.2) is 4.39 Å². The van der Waals surface area contributed by atoms with E-state index >= 15 is 0 Å². The molecule has 0 heterocycles. The molecule has 0 aliphatic heterocycles. The van der Waals surface area contributed by atoms with E-state index in [1.807, 2.05) is 6.07 Å². The molecule has 3 heteroatoms. The molecular weight excluding hydrogens is 193 g/mol. The first-order valence-corrected chi connectivity index (χ1v) is 5.16. The summed E-state index contributed by atoms with van der Waals surface area (Å²) < 4.78 is 18.3. The smallest absolute Gasteiger partial charge is 0.165 e. The number of hydrogen-bond donors (Lipinski definition) is 1. The van der Waals surface area contributed by atoms with E-state index in [1.54, 1.807) is 6.07 Å². The fourth-order valence-corrected chi connectivity index (χ4v) is 1.79. The predicted molar refractivity (Wildman–Crippen MR) is 57.2 cm³/mol. The maximum absolute atomic E-state index is 13.4. The summed E-state index contributed by atoms with van der Waals surface area (Å²) in [6.07, 6.45) is 2.25. The molecule has 0 radical (unpaired) electrons. The first-order valence-electron chi connectivity index (χ1n) is 5.16. The molecule has 15 heavy (non-hydrogen) atoms. The van der Waals surface area contributed by atoms with Gasteiger partial charge in [0.2, 0.25) is 0 Å². The normalized spacial score (nSPS) is 19.7. The summed E-state index contributed by atoms with van der Waals surface area (Å²) in [5, 5.41) is 0. The molecule has 2 nitrogen and oxygen atoms in total. The number of nitrogens with two attached hydrogens (primary N) is 1. The topological polar surface area (TPSA) is 35.2 Å². The lowest BCUT2D eigenvalue weighted by atomic mass is 9.92. The fraction of sp³-hybridized carbons (Fsp3) is 0.500. The van der Waals surface area contributed by atoms with E-state index in [-0.39, 0.29) is 23.0 Å². The Morgan fingerprint density at radius 1 is 1.47 bits per heavy atom. The molecule has 1 aromatic carbocycles. The van der Waals surface area contributed by atoms with E-state index in [2.05, 4.69) is 6.92 Å². The molecule has 0 aromatic heterocycles. The summed E-state index contributed by atoms with van der Waals surface area (Å²) in [6, 6.07) is 4.89. The van der Waals surface area contributed by atoms with Gasteiger partial charge in [0.15, 0.2) is 11.6 Å². The van der Waals surface area contributed by atoms with Gasteiger partial charge in [-0.3, -0.25) is 0 Å². The van der Waals surface area contributed by atoms with Crippen molar-refractivity contribution in [1.29, 1.82) is 0 Å². The molecule has 2 rings (SSSR count). The number of halogens is 1. The van der Waals surface area contributed by atoms with E-state index in [0.29, 0.717) is 0 Å². The monoisotopic (exact) mass is 209 g/mol. The number of methoxy groups -OCH3 is 1. The van der Waals surface area contributed by atoms with Crippen LogP contribution in [0.2, 0.25) is 0 Å². The SMILES string of the molecule is COc1ccc(C(N)C2(C)CC2)cc1F. The Balaban J connectivity index is 2.26. The number of ether oxygens (including phenoxy) is 1. The van der Waals surface area contributed by atoms with Crippen molar-refractivity contribution in [2.45, 2.75) is 25.8 Å². The van der Waals surface area contributed by atoms with Gasteiger partial charge in [-0.1, -0.05) is 13.0 Å². The van der Waals surface area contributed by atoms with Gasteiger partial charge in [-0.15, -0.1) is 0 Å². The molecule has 0 spiro atoms. The lowest BCUT2D eigenvalue weighted by Gasteiger charge is -2.19. The van der Waals surface area contributed by atoms with Gasteiger partial charge in [-0.2, -0.15) is 0 Å². The Labute approximate surface area is 89.2 Å². The van der Waals surface area contributed by atoms with E-state index in [0.717, 1.165) is 18.4 Å². The van der Waals surface area contributed by atoms with E-state index < -0.39 is 0 Å². The van der Waals surface area contributed by atoms with Gasteiger partial charge >= 0.3 is 0 Å². The third-order valence-electron chi connectivity index (χ3n) is 3.32. The minimum absolute atomic E-state index is 0.0714. The van der Waals surface area contributed by atoms with Crippen LogP contribution in [0.25, 0.3) is 0 Å². The quantitative estimate of drug-likeness (QED) is 0.830. The Morgan fingerprint density at radius 2 is 2.13 bits per heavy atom. The highest BCUT2D eigenvalue weighted by atomic mass is 19.1. The third-order valence-corrected chi connectivity index (χ3v) is 3.32. The summed E-state index contributed by atoms with van der Waals surface area (Å²) in [4.78, 5) is 0. The Morgan fingerprint density at radius 3 is 2.60 bits per heavy atom. The average molecular weight is 209 g/mol. The molecule has 82 valence electrons. The average Bonchev–Trinajstić information content (AvgIpc) is 2.96. The standard InChI is InChI=1S/C12H16FNO/c1-12(5-6-12)11(14)8-3-4-10(15-2)9(13)7-8/h3-4,7,11H,5-6,14H2,1-2H3. The van der Waals surface area contributed by atoms with Gasteiger partial charge < -0.3 is 10.5 Å². The fourth-order valence-electron chi connectivity index (χ4n) is 1.79. The van der Waals surface area contributed by atoms with Crippen molar-refractivity contribution in [2.75, 3.05) is 7.11 Å². The summed E-state index contributed by atoms with van der Waals surface area (Å²) >= 11 is 0. The minimum Gasteiger partial charge on any atom is -0.494 e. The van der Waals surface area contributed by atoms with Crippen LogP contribution in [0.1, 0.15) is 31.4 Å². The van der Waals surface area contributed by atoms with Crippen LogP contribution in [0.3, 0.4) is 0 Å². The molecule has 0 bridgehead atoms. The predicted octanol–water partition coefficient (Wildman–Crippen LogP) is 2.63. The number of rotatable bonds is 3. The molecule has 1 aliphatic carbocycles. The van der Waals surface area contributed by atoms with E-state index in [1.165, 1.54) is 13.2 Å². The first-order chi connectivity index (χ1) is 7.07. The summed E-state index contributed by atoms with van der Waals surface area (Å²) in [5.41, 5.74) is 7.11. The Bertz CT molecular complexity index is 374. The van der Waals surface area contributed by atoms with Crippen LogP contribution in [-0.2, 0) is 0 Å². The van der Waals surface area contributed by atoms with Gasteiger partial charge in [0, 0.05) is 6.04 Å². The van der Waals surface area contributed by atoms with Crippen LogP contribution < -0.4 is 10.5 Å². The van der Waals surface area contributed by atoms with Crippen molar-refractivity contribution in [3.05, 3.63) is 29.6 Å². The van der Waals surface area contributed by atoms with Crippen molar-refractivity contribution in [1.82, 2.24) is 0 Å². The molecule has 2 N–H and O–H groups in total. The lowest BCUT2D eigenvalue weighted by Crippen LogP contribution is -2.20. The maximum Gasteiger partial charge on any atom is 0.165 e. The van der Waals surface area contributed by atoms with Crippen molar-refractivity contribution in [3.63, 3.8) is 0 Å². The highest BCUT2D eigenvalue weighted by Crippen LogP contribution is 2.53. The Kier molecular flexibility index (Phi) is 2.43. The molecular formula is C12H16FNO. The molecule has 0 amide bonds. The van der Waals surface area contributed by atoms with E-state index in [4.69, 9.17) is 10.5 Å². The highest BCUT2D eigenvalue weighted by Gasteiger charge is 2.43. The second kappa shape index (κ2) is 3.49. The van der Waals surface area contributed by atoms with Gasteiger partial charge in [-0.05, 0) is 36.0 Å². The van der Waals surface area contributed by atoms with Crippen molar-refractivity contribution < 1.29 is 9.13 Å². The summed E-state index contributed by atoms with van der Waals surface area (Å²) in [6.45, 7) is 2.14.